The fourth-order valence-electron chi connectivity index (χ4n) is 5.46. The first-order valence-corrected chi connectivity index (χ1v) is 11.9. The summed E-state index contributed by atoms with van der Waals surface area (Å²) < 4.78 is 6.56. The first kappa shape index (κ1) is 20.1. The van der Waals surface area contributed by atoms with Gasteiger partial charge in [0.05, 0.1) is 5.39 Å². The Bertz CT molecular complexity index is 821. The SMILES string of the molecule is CC[C@]1(N(C)C)CC[C@H](Oc2ncnc3sc4c(c23)[C@@H](CC(C)C)CC4)CC1. The van der Waals surface area contributed by atoms with Gasteiger partial charge in [-0.15, -0.1) is 11.3 Å². The van der Waals surface area contributed by atoms with Gasteiger partial charge < -0.3 is 9.64 Å². The van der Waals surface area contributed by atoms with Gasteiger partial charge in [0.15, 0.2) is 0 Å². The minimum atomic E-state index is 0.276. The van der Waals surface area contributed by atoms with Crippen molar-refractivity contribution in [2.24, 2.45) is 5.92 Å². The van der Waals surface area contributed by atoms with Crippen molar-refractivity contribution >= 4 is 21.6 Å². The van der Waals surface area contributed by atoms with Gasteiger partial charge in [-0.3, -0.25) is 0 Å². The summed E-state index contributed by atoms with van der Waals surface area (Å²) in [6.07, 6.45) is 11.5. The molecule has 0 radical (unpaired) electrons. The summed E-state index contributed by atoms with van der Waals surface area (Å²) in [4.78, 5) is 14.3. The molecule has 0 aromatic carbocycles. The lowest BCUT2D eigenvalue weighted by Gasteiger charge is -2.44. The molecule has 0 amide bonds. The molecule has 154 valence electrons. The van der Waals surface area contributed by atoms with E-state index in [9.17, 15) is 0 Å². The van der Waals surface area contributed by atoms with Gasteiger partial charge in [0.25, 0.3) is 0 Å². The number of hydrogen-bond acceptors (Lipinski definition) is 5. The molecule has 0 aliphatic heterocycles. The molecule has 5 heteroatoms. The van der Waals surface area contributed by atoms with Gasteiger partial charge in [0.2, 0.25) is 5.88 Å². The molecule has 2 aromatic rings. The van der Waals surface area contributed by atoms with Crippen LogP contribution in [0.3, 0.4) is 0 Å². The minimum absolute atomic E-state index is 0.276. The summed E-state index contributed by atoms with van der Waals surface area (Å²) in [7, 11) is 4.45. The fourth-order valence-corrected chi connectivity index (χ4v) is 6.69. The molecule has 4 nitrogen and oxygen atoms in total. The zero-order valence-electron chi connectivity index (χ0n) is 18.1. The van der Waals surface area contributed by atoms with Crippen LogP contribution in [-0.4, -0.2) is 40.6 Å². The summed E-state index contributed by atoms with van der Waals surface area (Å²) in [5, 5.41) is 1.23. The van der Waals surface area contributed by atoms with Gasteiger partial charge in [0.1, 0.15) is 17.3 Å². The van der Waals surface area contributed by atoms with E-state index < -0.39 is 0 Å². The van der Waals surface area contributed by atoms with Gasteiger partial charge in [-0.2, -0.15) is 0 Å². The van der Waals surface area contributed by atoms with Crippen LogP contribution in [0.5, 0.6) is 5.88 Å². The maximum atomic E-state index is 6.56. The Morgan fingerprint density at radius 1 is 1.21 bits per heavy atom. The quantitative estimate of drug-likeness (QED) is 0.613. The predicted octanol–water partition coefficient (Wildman–Crippen LogP) is 5.80. The molecule has 0 bridgehead atoms. The van der Waals surface area contributed by atoms with Crippen molar-refractivity contribution in [1.29, 1.82) is 0 Å². The topological polar surface area (TPSA) is 38.2 Å². The first-order chi connectivity index (χ1) is 13.4. The number of rotatable bonds is 6. The number of thiophene rings is 1. The van der Waals surface area contributed by atoms with Crippen molar-refractivity contribution in [3.05, 3.63) is 16.8 Å². The van der Waals surface area contributed by atoms with Gasteiger partial charge in [-0.1, -0.05) is 20.8 Å². The van der Waals surface area contributed by atoms with Crippen molar-refractivity contribution in [1.82, 2.24) is 14.9 Å². The zero-order chi connectivity index (χ0) is 19.9. The van der Waals surface area contributed by atoms with Crippen LogP contribution in [0.15, 0.2) is 6.33 Å². The molecule has 2 aromatic heterocycles. The van der Waals surface area contributed by atoms with Crippen molar-refractivity contribution in [2.75, 3.05) is 14.1 Å². The van der Waals surface area contributed by atoms with Crippen LogP contribution in [0.4, 0.5) is 0 Å². The monoisotopic (exact) mass is 401 g/mol. The average Bonchev–Trinajstić information content (AvgIpc) is 3.22. The van der Waals surface area contributed by atoms with Crippen molar-refractivity contribution in [3.63, 3.8) is 0 Å². The Balaban J connectivity index is 1.57. The number of fused-ring (bicyclic) bond motifs is 3. The lowest BCUT2D eigenvalue weighted by Crippen LogP contribution is -2.48. The van der Waals surface area contributed by atoms with E-state index in [1.165, 1.54) is 54.4 Å². The molecular formula is C23H35N3OS. The second-order valence-corrected chi connectivity index (χ2v) is 10.5. The lowest BCUT2D eigenvalue weighted by atomic mass is 9.77. The zero-order valence-corrected chi connectivity index (χ0v) is 18.9. The third-order valence-corrected chi connectivity index (χ3v) is 8.37. The molecule has 28 heavy (non-hydrogen) atoms. The number of hydrogen-bond donors (Lipinski definition) is 0. The maximum absolute atomic E-state index is 6.56. The second-order valence-electron chi connectivity index (χ2n) is 9.45. The Morgan fingerprint density at radius 3 is 2.61 bits per heavy atom. The van der Waals surface area contributed by atoms with E-state index >= 15 is 0 Å². The molecule has 2 heterocycles. The third kappa shape index (κ3) is 3.56. The van der Waals surface area contributed by atoms with Gasteiger partial charge in [-0.05, 0) is 82.9 Å². The van der Waals surface area contributed by atoms with Crippen LogP contribution in [0.2, 0.25) is 0 Å². The molecule has 4 rings (SSSR count). The summed E-state index contributed by atoms with van der Waals surface area (Å²) in [5.74, 6) is 2.20. The highest BCUT2D eigenvalue weighted by molar-refractivity contribution is 7.19. The van der Waals surface area contributed by atoms with Crippen LogP contribution in [0.1, 0.15) is 82.1 Å². The van der Waals surface area contributed by atoms with E-state index in [-0.39, 0.29) is 6.10 Å². The summed E-state index contributed by atoms with van der Waals surface area (Å²) in [6.45, 7) is 6.97. The maximum Gasteiger partial charge on any atom is 0.225 e. The molecule has 1 fully saturated rings. The minimum Gasteiger partial charge on any atom is -0.474 e. The summed E-state index contributed by atoms with van der Waals surface area (Å²) in [6, 6.07) is 0. The van der Waals surface area contributed by atoms with Gasteiger partial charge in [-0.25, -0.2) is 9.97 Å². The molecule has 2 aliphatic rings. The van der Waals surface area contributed by atoms with E-state index in [1.54, 1.807) is 6.33 Å². The van der Waals surface area contributed by atoms with E-state index in [0.717, 1.165) is 23.6 Å². The second kappa shape index (κ2) is 7.91. The standard InChI is InChI=1S/C23H35N3OS/c1-6-23(26(4)5)11-9-17(10-12-23)27-21-20-19-16(13-15(2)3)7-8-18(19)28-22(20)25-14-24-21/h14-17H,6-13H2,1-5H3/t16-,17-,23-/m1/s1. The first-order valence-electron chi connectivity index (χ1n) is 11.0. The van der Waals surface area contributed by atoms with Crippen molar-refractivity contribution < 1.29 is 4.74 Å². The Hall–Kier alpha value is -1.20. The summed E-state index contributed by atoms with van der Waals surface area (Å²) >= 11 is 1.86. The highest BCUT2D eigenvalue weighted by atomic mass is 32.1. The van der Waals surface area contributed by atoms with Crippen LogP contribution >= 0.6 is 11.3 Å². The highest BCUT2D eigenvalue weighted by Crippen LogP contribution is 2.48. The van der Waals surface area contributed by atoms with Gasteiger partial charge in [0, 0.05) is 10.4 Å². The number of aryl methyl sites for hydroxylation is 1. The normalized spacial score (nSPS) is 27.7. The fraction of sp³-hybridized carbons (Fsp3) is 0.739. The van der Waals surface area contributed by atoms with Crippen molar-refractivity contribution in [2.45, 2.75) is 89.7 Å². The molecule has 2 aliphatic carbocycles. The number of ether oxygens (including phenoxy) is 1. The lowest BCUT2D eigenvalue weighted by molar-refractivity contribution is 0.0402. The smallest absolute Gasteiger partial charge is 0.225 e. The number of aromatic nitrogens is 2. The molecule has 0 N–H and O–H groups in total. The molecule has 0 unspecified atom stereocenters. The Kier molecular flexibility index (Phi) is 5.67. The molecule has 1 saturated carbocycles. The predicted molar refractivity (Wildman–Crippen MR) is 118 cm³/mol. The highest BCUT2D eigenvalue weighted by Gasteiger charge is 2.37. The van der Waals surface area contributed by atoms with E-state index in [0.29, 0.717) is 17.4 Å². The largest absolute Gasteiger partial charge is 0.474 e. The van der Waals surface area contributed by atoms with Crippen molar-refractivity contribution in [3.8, 4) is 5.88 Å². The molecular weight excluding hydrogens is 366 g/mol. The summed E-state index contributed by atoms with van der Waals surface area (Å²) in [5.41, 5.74) is 1.85. The van der Waals surface area contributed by atoms with Crippen LogP contribution in [-0.2, 0) is 6.42 Å². The number of nitrogens with zero attached hydrogens (tertiary/aromatic N) is 3. The van der Waals surface area contributed by atoms with Gasteiger partial charge >= 0.3 is 0 Å². The van der Waals surface area contributed by atoms with E-state index in [1.807, 2.05) is 11.3 Å². The van der Waals surface area contributed by atoms with Crippen LogP contribution in [0.25, 0.3) is 10.2 Å². The third-order valence-electron chi connectivity index (χ3n) is 7.20. The molecule has 1 atom stereocenters. The van der Waals surface area contributed by atoms with Crippen LogP contribution in [0, 0.1) is 5.92 Å². The van der Waals surface area contributed by atoms with E-state index in [2.05, 4.69) is 49.7 Å². The molecule has 0 spiro atoms. The van der Waals surface area contributed by atoms with E-state index in [4.69, 9.17) is 4.74 Å². The Morgan fingerprint density at radius 2 is 1.96 bits per heavy atom. The molecule has 0 saturated heterocycles. The average molecular weight is 402 g/mol. The Labute approximate surface area is 173 Å². The van der Waals surface area contributed by atoms with Crippen LogP contribution < -0.4 is 4.74 Å².